The Morgan fingerprint density at radius 2 is 2.06 bits per heavy atom. The molecule has 18 heavy (non-hydrogen) atoms. The van der Waals surface area contributed by atoms with Crippen molar-refractivity contribution in [3.63, 3.8) is 0 Å². The average molecular weight is 263 g/mol. The van der Waals surface area contributed by atoms with Crippen LogP contribution in [0.2, 0.25) is 0 Å². The highest BCUT2D eigenvalue weighted by Crippen LogP contribution is 2.17. The lowest BCUT2D eigenvalue weighted by molar-refractivity contribution is 0.570. The van der Waals surface area contributed by atoms with Gasteiger partial charge in [-0.1, -0.05) is 19.1 Å². The van der Waals surface area contributed by atoms with Crippen molar-refractivity contribution in [3.8, 4) is 0 Å². The number of nitrogens with zero attached hydrogens (tertiary/aromatic N) is 4. The van der Waals surface area contributed by atoms with Crippen LogP contribution in [0.1, 0.15) is 18.3 Å². The predicted molar refractivity (Wildman–Crippen MR) is 72.5 cm³/mol. The molecule has 0 bridgehead atoms. The van der Waals surface area contributed by atoms with E-state index in [1.54, 1.807) is 4.80 Å². The molecule has 0 atom stereocenters. The van der Waals surface area contributed by atoms with Crippen molar-refractivity contribution in [1.29, 1.82) is 0 Å². The first kappa shape index (κ1) is 13.0. The molecule has 2 aromatic rings. The molecule has 0 fully saturated rings. The summed E-state index contributed by atoms with van der Waals surface area (Å²) in [6.45, 7) is 3.35. The van der Waals surface area contributed by atoms with Crippen LogP contribution in [0, 0.1) is 0 Å². The Kier molecular flexibility index (Phi) is 4.72. The Morgan fingerprint density at radius 1 is 1.28 bits per heavy atom. The largest absolute Gasteiger partial charge is 0.330 e. The van der Waals surface area contributed by atoms with E-state index in [0.29, 0.717) is 25.3 Å². The van der Waals surface area contributed by atoms with E-state index in [9.17, 15) is 0 Å². The first-order chi connectivity index (χ1) is 8.81. The zero-order valence-corrected chi connectivity index (χ0v) is 11.2. The van der Waals surface area contributed by atoms with Gasteiger partial charge in [-0.05, 0) is 35.2 Å². The van der Waals surface area contributed by atoms with Gasteiger partial charge in [0, 0.05) is 11.3 Å². The van der Waals surface area contributed by atoms with Crippen molar-refractivity contribution >= 4 is 11.8 Å². The predicted octanol–water partition coefficient (Wildman–Crippen LogP) is 1.33. The maximum Gasteiger partial charge on any atom is 0.176 e. The van der Waals surface area contributed by atoms with Crippen LogP contribution in [-0.4, -0.2) is 32.5 Å². The fraction of sp³-hybridized carbons (Fsp3) is 0.417. The molecular formula is C12H17N5S. The summed E-state index contributed by atoms with van der Waals surface area (Å²) in [5, 5.41) is 12.2. The number of thioether (sulfide) groups is 1. The Labute approximate surface area is 111 Å². The topological polar surface area (TPSA) is 69.6 Å². The molecule has 2 rings (SSSR count). The maximum absolute atomic E-state index is 5.45. The molecule has 0 saturated heterocycles. The van der Waals surface area contributed by atoms with Gasteiger partial charge in [-0.25, -0.2) is 0 Å². The SMILES string of the molecule is CCSc1ccc(Cn2nnc(CCN)n2)cc1. The molecule has 0 aliphatic carbocycles. The molecule has 0 amide bonds. The second kappa shape index (κ2) is 6.51. The normalized spacial score (nSPS) is 10.8. The van der Waals surface area contributed by atoms with Gasteiger partial charge in [0.05, 0.1) is 6.54 Å². The molecule has 0 spiro atoms. The van der Waals surface area contributed by atoms with Crippen LogP contribution in [-0.2, 0) is 13.0 Å². The lowest BCUT2D eigenvalue weighted by Crippen LogP contribution is -2.06. The molecule has 5 nitrogen and oxygen atoms in total. The van der Waals surface area contributed by atoms with Gasteiger partial charge in [0.1, 0.15) is 0 Å². The van der Waals surface area contributed by atoms with Crippen molar-refractivity contribution < 1.29 is 0 Å². The zero-order chi connectivity index (χ0) is 12.8. The Balaban J connectivity index is 1.99. The van der Waals surface area contributed by atoms with Crippen LogP contribution in [0.25, 0.3) is 0 Å². The number of nitrogens with two attached hydrogens (primary N) is 1. The number of rotatable bonds is 6. The molecule has 1 aromatic carbocycles. The third kappa shape index (κ3) is 3.54. The molecule has 0 saturated carbocycles. The van der Waals surface area contributed by atoms with Crippen LogP contribution < -0.4 is 5.73 Å². The van der Waals surface area contributed by atoms with Crippen molar-refractivity contribution in [2.24, 2.45) is 5.73 Å². The summed E-state index contributed by atoms with van der Waals surface area (Å²) in [7, 11) is 0. The fourth-order valence-electron chi connectivity index (χ4n) is 1.59. The molecule has 6 heteroatoms. The first-order valence-corrected chi connectivity index (χ1v) is 6.99. The van der Waals surface area contributed by atoms with E-state index < -0.39 is 0 Å². The summed E-state index contributed by atoms with van der Waals surface area (Å²) in [5.74, 6) is 1.79. The van der Waals surface area contributed by atoms with Gasteiger partial charge < -0.3 is 5.73 Å². The smallest absolute Gasteiger partial charge is 0.176 e. The first-order valence-electron chi connectivity index (χ1n) is 6.00. The molecule has 1 heterocycles. The van der Waals surface area contributed by atoms with Crippen LogP contribution in [0.5, 0.6) is 0 Å². The van der Waals surface area contributed by atoms with E-state index >= 15 is 0 Å². The third-order valence-corrected chi connectivity index (χ3v) is 3.31. The summed E-state index contributed by atoms with van der Waals surface area (Å²) in [6.07, 6.45) is 0.673. The maximum atomic E-state index is 5.45. The van der Waals surface area contributed by atoms with E-state index in [1.807, 2.05) is 11.8 Å². The minimum absolute atomic E-state index is 0.550. The minimum atomic E-state index is 0.550. The summed E-state index contributed by atoms with van der Waals surface area (Å²) >= 11 is 1.84. The number of tetrazole rings is 1. The highest BCUT2D eigenvalue weighted by atomic mass is 32.2. The van der Waals surface area contributed by atoms with Gasteiger partial charge in [-0.15, -0.1) is 22.0 Å². The molecule has 0 radical (unpaired) electrons. The van der Waals surface area contributed by atoms with Crippen molar-refractivity contribution in [3.05, 3.63) is 35.7 Å². The lowest BCUT2D eigenvalue weighted by Gasteiger charge is -2.02. The fourth-order valence-corrected chi connectivity index (χ4v) is 2.26. The van der Waals surface area contributed by atoms with Gasteiger partial charge in [-0.3, -0.25) is 0 Å². The molecule has 96 valence electrons. The summed E-state index contributed by atoms with van der Waals surface area (Å²) in [6, 6.07) is 8.45. The van der Waals surface area contributed by atoms with E-state index in [0.717, 1.165) is 5.75 Å². The summed E-state index contributed by atoms with van der Waals surface area (Å²) in [4.78, 5) is 2.89. The van der Waals surface area contributed by atoms with E-state index in [-0.39, 0.29) is 0 Å². The molecule has 0 unspecified atom stereocenters. The second-order valence-electron chi connectivity index (χ2n) is 3.85. The molecule has 0 aliphatic heterocycles. The van der Waals surface area contributed by atoms with Crippen LogP contribution in [0.4, 0.5) is 0 Å². The van der Waals surface area contributed by atoms with Crippen molar-refractivity contribution in [1.82, 2.24) is 20.2 Å². The quantitative estimate of drug-likeness (QED) is 0.796. The Morgan fingerprint density at radius 3 is 2.72 bits per heavy atom. The number of hydrogen-bond acceptors (Lipinski definition) is 5. The van der Waals surface area contributed by atoms with E-state index in [2.05, 4.69) is 46.6 Å². The van der Waals surface area contributed by atoms with E-state index in [1.165, 1.54) is 10.5 Å². The Bertz CT molecular complexity index is 479. The zero-order valence-electron chi connectivity index (χ0n) is 10.4. The standard InChI is InChI=1S/C12H17N5S/c1-2-18-11-5-3-10(4-6-11)9-17-15-12(7-8-13)14-16-17/h3-6H,2,7-9,13H2,1H3. The van der Waals surface area contributed by atoms with Crippen molar-refractivity contribution in [2.45, 2.75) is 24.8 Å². The van der Waals surface area contributed by atoms with E-state index in [4.69, 9.17) is 5.73 Å². The van der Waals surface area contributed by atoms with Crippen molar-refractivity contribution in [2.75, 3.05) is 12.3 Å². The van der Waals surface area contributed by atoms with Gasteiger partial charge >= 0.3 is 0 Å². The van der Waals surface area contributed by atoms with Gasteiger partial charge in [0.15, 0.2) is 5.82 Å². The summed E-state index contributed by atoms with van der Waals surface area (Å²) in [5.41, 5.74) is 6.62. The Hall–Kier alpha value is -1.40. The minimum Gasteiger partial charge on any atom is -0.330 e. The molecule has 1 aromatic heterocycles. The molecular weight excluding hydrogens is 246 g/mol. The van der Waals surface area contributed by atoms with Gasteiger partial charge in [0.2, 0.25) is 0 Å². The second-order valence-corrected chi connectivity index (χ2v) is 5.19. The highest BCUT2D eigenvalue weighted by molar-refractivity contribution is 7.99. The number of aromatic nitrogens is 4. The third-order valence-electron chi connectivity index (χ3n) is 2.42. The number of hydrogen-bond donors (Lipinski definition) is 1. The van der Waals surface area contributed by atoms with Gasteiger partial charge in [0.25, 0.3) is 0 Å². The molecule has 0 aliphatic rings. The number of benzene rings is 1. The van der Waals surface area contributed by atoms with Crippen LogP contribution >= 0.6 is 11.8 Å². The average Bonchev–Trinajstić information content (AvgIpc) is 2.80. The van der Waals surface area contributed by atoms with Crippen LogP contribution in [0.3, 0.4) is 0 Å². The van der Waals surface area contributed by atoms with Gasteiger partial charge in [-0.2, -0.15) is 4.80 Å². The molecule has 2 N–H and O–H groups in total. The monoisotopic (exact) mass is 263 g/mol. The summed E-state index contributed by atoms with van der Waals surface area (Å²) < 4.78 is 0. The highest BCUT2D eigenvalue weighted by Gasteiger charge is 2.02. The van der Waals surface area contributed by atoms with Crippen LogP contribution in [0.15, 0.2) is 29.2 Å². The lowest BCUT2D eigenvalue weighted by atomic mass is 10.2.